The van der Waals surface area contributed by atoms with E-state index in [1.54, 1.807) is 21.6 Å². The molecule has 2 unspecified atom stereocenters. The number of carbonyl (C=O) groups is 1. The third-order valence-electron chi connectivity index (χ3n) is 4.95. The average molecular weight is 434 g/mol. The van der Waals surface area contributed by atoms with Crippen LogP contribution in [-0.4, -0.2) is 50.0 Å². The van der Waals surface area contributed by atoms with Crippen molar-refractivity contribution in [2.24, 2.45) is 7.05 Å². The van der Waals surface area contributed by atoms with E-state index in [2.05, 4.69) is 31.4 Å². The van der Waals surface area contributed by atoms with E-state index < -0.39 is 0 Å². The standard InChI is InChI=1S/C17H20BrN7O2/c1-24-8-10(6-21-24)11-7-22-25-15(19)13(18)14(23-16(11)25)9-3-4-12(20-5-9)17(26)27-2/h6-9,12,20H,3-5,19H2,1-2H3. The number of ether oxygens (including phenoxy) is 1. The quantitative estimate of drug-likeness (QED) is 0.601. The zero-order chi connectivity index (χ0) is 19.1. The lowest BCUT2D eigenvalue weighted by Gasteiger charge is -2.28. The number of nitrogens with one attached hydrogen (secondary N) is 1. The van der Waals surface area contributed by atoms with Crippen molar-refractivity contribution in [2.45, 2.75) is 24.8 Å². The molecule has 3 aromatic heterocycles. The molecule has 2 atom stereocenters. The maximum Gasteiger partial charge on any atom is 0.322 e. The molecular weight excluding hydrogens is 414 g/mol. The van der Waals surface area contributed by atoms with Crippen LogP contribution in [0, 0.1) is 0 Å². The first-order valence-electron chi connectivity index (χ1n) is 8.62. The van der Waals surface area contributed by atoms with E-state index in [1.807, 2.05) is 13.2 Å². The number of methoxy groups -OCH3 is 1. The van der Waals surface area contributed by atoms with E-state index in [-0.39, 0.29) is 17.9 Å². The first kappa shape index (κ1) is 17.9. The highest BCUT2D eigenvalue weighted by Crippen LogP contribution is 2.35. The molecule has 9 nitrogen and oxygen atoms in total. The van der Waals surface area contributed by atoms with E-state index >= 15 is 0 Å². The Bertz CT molecular complexity index is 1000. The van der Waals surface area contributed by atoms with Crippen LogP contribution >= 0.6 is 15.9 Å². The van der Waals surface area contributed by atoms with Crippen molar-refractivity contribution < 1.29 is 9.53 Å². The van der Waals surface area contributed by atoms with E-state index in [1.165, 1.54) is 7.11 Å². The summed E-state index contributed by atoms with van der Waals surface area (Å²) in [5, 5.41) is 11.8. The summed E-state index contributed by atoms with van der Waals surface area (Å²) in [5.41, 5.74) is 9.67. The molecule has 0 aromatic carbocycles. The number of halogens is 1. The monoisotopic (exact) mass is 433 g/mol. The second-order valence-electron chi connectivity index (χ2n) is 6.65. The number of nitrogen functional groups attached to an aromatic ring is 1. The molecule has 142 valence electrons. The number of rotatable bonds is 3. The molecule has 10 heteroatoms. The zero-order valence-electron chi connectivity index (χ0n) is 15.0. The van der Waals surface area contributed by atoms with Crippen LogP contribution < -0.4 is 11.1 Å². The van der Waals surface area contributed by atoms with Gasteiger partial charge in [0.15, 0.2) is 5.65 Å². The molecule has 3 aromatic rings. The number of esters is 1. The Labute approximate surface area is 164 Å². The summed E-state index contributed by atoms with van der Waals surface area (Å²) in [6.07, 6.45) is 6.94. The molecule has 1 fully saturated rings. The molecule has 0 aliphatic carbocycles. The number of hydrogen-bond acceptors (Lipinski definition) is 7. The number of fused-ring (bicyclic) bond motifs is 1. The van der Waals surface area contributed by atoms with Gasteiger partial charge in [-0.25, -0.2) is 4.98 Å². The van der Waals surface area contributed by atoms with Gasteiger partial charge in [-0.3, -0.25) is 9.48 Å². The van der Waals surface area contributed by atoms with Crippen molar-refractivity contribution in [3.05, 3.63) is 28.8 Å². The number of nitrogens with two attached hydrogens (primary N) is 1. The Morgan fingerprint density at radius 3 is 2.81 bits per heavy atom. The van der Waals surface area contributed by atoms with Gasteiger partial charge >= 0.3 is 5.97 Å². The molecule has 0 amide bonds. The minimum Gasteiger partial charge on any atom is -0.468 e. The van der Waals surface area contributed by atoms with Gasteiger partial charge in [0.2, 0.25) is 0 Å². The van der Waals surface area contributed by atoms with Crippen LogP contribution in [0.1, 0.15) is 24.5 Å². The van der Waals surface area contributed by atoms with Gasteiger partial charge in [-0.2, -0.15) is 14.7 Å². The van der Waals surface area contributed by atoms with Crippen molar-refractivity contribution in [1.82, 2.24) is 29.7 Å². The molecule has 27 heavy (non-hydrogen) atoms. The number of piperidine rings is 1. The highest BCUT2D eigenvalue weighted by molar-refractivity contribution is 9.10. The van der Waals surface area contributed by atoms with E-state index in [4.69, 9.17) is 15.5 Å². The largest absolute Gasteiger partial charge is 0.468 e. The molecule has 0 spiro atoms. The number of nitrogens with zero attached hydrogens (tertiary/aromatic N) is 5. The Morgan fingerprint density at radius 2 is 2.19 bits per heavy atom. The van der Waals surface area contributed by atoms with Gasteiger partial charge in [0.05, 0.1) is 29.7 Å². The summed E-state index contributed by atoms with van der Waals surface area (Å²) in [7, 11) is 3.27. The Balaban J connectivity index is 1.71. The van der Waals surface area contributed by atoms with Crippen molar-refractivity contribution in [3.63, 3.8) is 0 Å². The molecule has 1 saturated heterocycles. The van der Waals surface area contributed by atoms with Gasteiger partial charge in [-0.15, -0.1) is 0 Å². The van der Waals surface area contributed by atoms with Crippen LogP contribution in [0.25, 0.3) is 16.8 Å². The summed E-state index contributed by atoms with van der Waals surface area (Å²) >= 11 is 3.58. The molecule has 4 rings (SSSR count). The molecule has 3 N–H and O–H groups in total. The lowest BCUT2D eigenvalue weighted by Crippen LogP contribution is -2.44. The summed E-state index contributed by atoms with van der Waals surface area (Å²) in [5.74, 6) is 0.398. The number of aryl methyl sites for hydroxylation is 1. The zero-order valence-corrected chi connectivity index (χ0v) is 16.6. The summed E-state index contributed by atoms with van der Waals surface area (Å²) < 4.78 is 8.92. The Morgan fingerprint density at radius 1 is 1.37 bits per heavy atom. The molecule has 0 radical (unpaired) electrons. The second-order valence-corrected chi connectivity index (χ2v) is 7.44. The minimum atomic E-state index is -0.271. The summed E-state index contributed by atoms with van der Waals surface area (Å²) in [4.78, 5) is 16.6. The number of hydrogen-bond donors (Lipinski definition) is 2. The fraction of sp³-hybridized carbons (Fsp3) is 0.412. The van der Waals surface area contributed by atoms with E-state index in [0.29, 0.717) is 24.4 Å². The lowest BCUT2D eigenvalue weighted by molar-refractivity contribution is -0.143. The predicted molar refractivity (Wildman–Crippen MR) is 103 cm³/mol. The van der Waals surface area contributed by atoms with Crippen LogP contribution in [-0.2, 0) is 16.6 Å². The van der Waals surface area contributed by atoms with E-state index in [0.717, 1.165) is 27.7 Å². The summed E-state index contributed by atoms with van der Waals surface area (Å²) in [6, 6.07) is -0.271. The lowest BCUT2D eigenvalue weighted by atomic mass is 9.91. The Hall–Kier alpha value is -2.46. The van der Waals surface area contributed by atoms with Gasteiger partial charge < -0.3 is 15.8 Å². The second kappa shape index (κ2) is 6.93. The maximum atomic E-state index is 11.7. The molecule has 1 aliphatic rings. The average Bonchev–Trinajstić information content (AvgIpc) is 3.30. The van der Waals surface area contributed by atoms with Gasteiger partial charge in [-0.05, 0) is 28.8 Å². The SMILES string of the molecule is COC(=O)C1CCC(c2nc3c(-c4cnn(C)c4)cnn3c(N)c2Br)CN1. The van der Waals surface area contributed by atoms with Gasteiger partial charge in [-0.1, -0.05) is 0 Å². The van der Waals surface area contributed by atoms with Crippen LogP contribution in [0.2, 0.25) is 0 Å². The number of aromatic nitrogens is 5. The van der Waals surface area contributed by atoms with Crippen LogP contribution in [0.5, 0.6) is 0 Å². The number of carbonyl (C=O) groups excluding carboxylic acids is 1. The van der Waals surface area contributed by atoms with Crippen LogP contribution in [0.15, 0.2) is 23.1 Å². The van der Waals surface area contributed by atoms with Gasteiger partial charge in [0.25, 0.3) is 0 Å². The molecular formula is C17H20BrN7O2. The Kier molecular flexibility index (Phi) is 4.60. The smallest absolute Gasteiger partial charge is 0.322 e. The van der Waals surface area contributed by atoms with Crippen LogP contribution in [0.4, 0.5) is 5.82 Å². The summed E-state index contributed by atoms with van der Waals surface area (Å²) in [6.45, 7) is 0.622. The van der Waals surface area contributed by atoms with Gasteiger partial charge in [0, 0.05) is 36.8 Å². The van der Waals surface area contributed by atoms with Crippen molar-refractivity contribution in [3.8, 4) is 11.1 Å². The topological polar surface area (TPSA) is 112 Å². The molecule has 4 heterocycles. The highest BCUT2D eigenvalue weighted by atomic mass is 79.9. The predicted octanol–water partition coefficient (Wildman–Crippen LogP) is 1.48. The van der Waals surface area contributed by atoms with Crippen LogP contribution in [0.3, 0.4) is 0 Å². The minimum absolute atomic E-state index is 0.129. The third-order valence-corrected chi connectivity index (χ3v) is 5.76. The molecule has 0 saturated carbocycles. The fourth-order valence-corrected chi connectivity index (χ4v) is 4.06. The van der Waals surface area contributed by atoms with E-state index in [9.17, 15) is 4.79 Å². The van der Waals surface area contributed by atoms with Gasteiger partial charge in [0.1, 0.15) is 11.9 Å². The highest BCUT2D eigenvalue weighted by Gasteiger charge is 2.30. The number of anilines is 1. The van der Waals surface area contributed by atoms with Crippen molar-refractivity contribution in [1.29, 1.82) is 0 Å². The normalized spacial score (nSPS) is 20.1. The first-order valence-corrected chi connectivity index (χ1v) is 9.41. The molecule has 0 bridgehead atoms. The molecule has 1 aliphatic heterocycles. The maximum absolute atomic E-state index is 11.7. The van der Waals surface area contributed by atoms with Crippen molar-refractivity contribution >= 4 is 33.4 Å². The first-order chi connectivity index (χ1) is 13.0. The third kappa shape index (κ3) is 3.08. The van der Waals surface area contributed by atoms with Crippen molar-refractivity contribution in [2.75, 3.05) is 19.4 Å². The fourth-order valence-electron chi connectivity index (χ4n) is 3.48.